The zero-order chi connectivity index (χ0) is 20.5. The SMILES string of the molecule is O=C(Nc1cc2ccccc2o1)C1CCC(C(=O)Nc2cc3ccccc3o2)CC1. The molecular weight excluding hydrogens is 380 g/mol. The second-order valence-electron chi connectivity index (χ2n) is 7.82. The third kappa shape index (κ3) is 3.68. The van der Waals surface area contributed by atoms with Crippen molar-refractivity contribution < 1.29 is 18.4 Å². The molecule has 0 unspecified atom stereocenters. The average molecular weight is 402 g/mol. The molecule has 1 fully saturated rings. The Labute approximate surface area is 173 Å². The van der Waals surface area contributed by atoms with Crippen molar-refractivity contribution in [3.8, 4) is 0 Å². The van der Waals surface area contributed by atoms with E-state index >= 15 is 0 Å². The number of anilines is 2. The van der Waals surface area contributed by atoms with Crippen molar-refractivity contribution in [3.63, 3.8) is 0 Å². The first-order valence-electron chi connectivity index (χ1n) is 10.2. The van der Waals surface area contributed by atoms with Crippen molar-refractivity contribution in [2.45, 2.75) is 25.7 Å². The summed E-state index contributed by atoms with van der Waals surface area (Å²) in [4.78, 5) is 25.2. The van der Waals surface area contributed by atoms with E-state index in [4.69, 9.17) is 8.83 Å². The normalized spacial score (nSPS) is 19.1. The molecule has 0 atom stereocenters. The molecule has 30 heavy (non-hydrogen) atoms. The van der Waals surface area contributed by atoms with E-state index < -0.39 is 0 Å². The van der Waals surface area contributed by atoms with Crippen molar-refractivity contribution in [2.24, 2.45) is 11.8 Å². The maximum Gasteiger partial charge on any atom is 0.229 e. The van der Waals surface area contributed by atoms with Crippen LogP contribution < -0.4 is 10.6 Å². The minimum absolute atomic E-state index is 0.0507. The lowest BCUT2D eigenvalue weighted by molar-refractivity contribution is -0.125. The highest BCUT2D eigenvalue weighted by Gasteiger charge is 2.30. The Morgan fingerprint density at radius 2 is 1.07 bits per heavy atom. The van der Waals surface area contributed by atoms with Crippen LogP contribution in [0.2, 0.25) is 0 Å². The summed E-state index contributed by atoms with van der Waals surface area (Å²) in [6.07, 6.45) is 2.68. The molecule has 0 spiro atoms. The first-order chi connectivity index (χ1) is 14.7. The third-order valence-electron chi connectivity index (χ3n) is 5.81. The molecule has 0 saturated heterocycles. The molecule has 2 aromatic carbocycles. The molecule has 2 amide bonds. The van der Waals surface area contributed by atoms with Crippen LogP contribution in [0.3, 0.4) is 0 Å². The van der Waals surface area contributed by atoms with Crippen molar-refractivity contribution in [1.82, 2.24) is 0 Å². The summed E-state index contributed by atoms with van der Waals surface area (Å²) in [6.45, 7) is 0. The Morgan fingerprint density at radius 1 is 0.667 bits per heavy atom. The standard InChI is InChI=1S/C24H22N2O4/c27-23(25-21-13-17-5-1-3-7-19(17)29-21)15-9-11-16(12-10-15)24(28)26-22-14-18-6-2-4-8-20(18)30-22/h1-8,13-16H,9-12H2,(H,25,27)(H,26,28). The predicted molar refractivity (Wildman–Crippen MR) is 115 cm³/mol. The van der Waals surface area contributed by atoms with E-state index in [0.29, 0.717) is 37.5 Å². The van der Waals surface area contributed by atoms with E-state index in [2.05, 4.69) is 10.6 Å². The molecule has 2 aromatic heterocycles. The van der Waals surface area contributed by atoms with Crippen LogP contribution in [-0.4, -0.2) is 11.8 Å². The lowest BCUT2D eigenvalue weighted by atomic mass is 9.81. The largest absolute Gasteiger partial charge is 0.440 e. The molecule has 1 aliphatic carbocycles. The quantitative estimate of drug-likeness (QED) is 0.468. The van der Waals surface area contributed by atoms with Crippen LogP contribution in [-0.2, 0) is 9.59 Å². The average Bonchev–Trinajstić information content (AvgIpc) is 3.36. The molecule has 152 valence electrons. The minimum Gasteiger partial charge on any atom is -0.440 e. The first kappa shape index (κ1) is 18.5. The predicted octanol–water partition coefficient (Wildman–Crippen LogP) is 5.56. The fraction of sp³-hybridized carbons (Fsp3) is 0.250. The van der Waals surface area contributed by atoms with Crippen molar-refractivity contribution in [2.75, 3.05) is 10.6 Å². The summed E-state index contributed by atoms with van der Waals surface area (Å²) >= 11 is 0. The Balaban J connectivity index is 1.16. The monoisotopic (exact) mass is 402 g/mol. The van der Waals surface area contributed by atoms with E-state index in [0.717, 1.165) is 21.9 Å². The highest BCUT2D eigenvalue weighted by Crippen LogP contribution is 2.32. The molecule has 0 radical (unpaired) electrons. The van der Waals surface area contributed by atoms with Crippen LogP contribution >= 0.6 is 0 Å². The van der Waals surface area contributed by atoms with Gasteiger partial charge in [-0.05, 0) is 37.8 Å². The number of carbonyl (C=O) groups is 2. The van der Waals surface area contributed by atoms with Crippen LogP contribution in [0, 0.1) is 11.8 Å². The van der Waals surface area contributed by atoms with Gasteiger partial charge in [0.05, 0.1) is 0 Å². The summed E-state index contributed by atoms with van der Waals surface area (Å²) in [5.74, 6) is 0.592. The van der Waals surface area contributed by atoms with Crippen LogP contribution in [0.4, 0.5) is 11.8 Å². The maximum absolute atomic E-state index is 12.6. The number of hydrogen-bond acceptors (Lipinski definition) is 4. The van der Waals surface area contributed by atoms with E-state index in [1.165, 1.54) is 0 Å². The third-order valence-corrected chi connectivity index (χ3v) is 5.81. The number of nitrogens with one attached hydrogen (secondary N) is 2. The minimum atomic E-state index is -0.117. The summed E-state index contributed by atoms with van der Waals surface area (Å²) in [7, 11) is 0. The van der Waals surface area contributed by atoms with Gasteiger partial charge >= 0.3 is 0 Å². The van der Waals surface area contributed by atoms with Gasteiger partial charge in [0.2, 0.25) is 23.6 Å². The van der Waals surface area contributed by atoms with Gasteiger partial charge in [-0.1, -0.05) is 36.4 Å². The van der Waals surface area contributed by atoms with Crippen molar-refractivity contribution >= 4 is 45.5 Å². The molecule has 6 nitrogen and oxygen atoms in total. The molecule has 4 aromatic rings. The Bertz CT molecular complexity index is 1050. The fourth-order valence-electron chi connectivity index (χ4n) is 4.15. The molecule has 5 rings (SSSR count). The smallest absolute Gasteiger partial charge is 0.229 e. The van der Waals surface area contributed by atoms with Gasteiger partial charge in [0.15, 0.2) is 0 Å². The fourth-order valence-corrected chi connectivity index (χ4v) is 4.15. The zero-order valence-electron chi connectivity index (χ0n) is 16.4. The summed E-state index contributed by atoms with van der Waals surface area (Å²) < 4.78 is 11.3. The Hall–Kier alpha value is -3.54. The lowest BCUT2D eigenvalue weighted by Crippen LogP contribution is -2.31. The van der Waals surface area contributed by atoms with Gasteiger partial charge < -0.3 is 8.83 Å². The van der Waals surface area contributed by atoms with Crippen LogP contribution in [0.25, 0.3) is 21.9 Å². The van der Waals surface area contributed by atoms with Crippen molar-refractivity contribution in [1.29, 1.82) is 0 Å². The zero-order valence-corrected chi connectivity index (χ0v) is 16.4. The van der Waals surface area contributed by atoms with E-state index in [1.807, 2.05) is 60.7 Å². The highest BCUT2D eigenvalue weighted by atomic mass is 16.4. The topological polar surface area (TPSA) is 84.5 Å². The van der Waals surface area contributed by atoms with Gasteiger partial charge in [-0.15, -0.1) is 0 Å². The molecule has 6 heteroatoms. The number of para-hydroxylation sites is 2. The second-order valence-corrected chi connectivity index (χ2v) is 7.82. The molecule has 0 aliphatic heterocycles. The molecule has 1 saturated carbocycles. The maximum atomic E-state index is 12.6. The van der Waals surface area contributed by atoms with Gasteiger partial charge in [-0.2, -0.15) is 0 Å². The van der Waals surface area contributed by atoms with E-state index in [-0.39, 0.29) is 23.7 Å². The molecule has 2 heterocycles. The van der Waals surface area contributed by atoms with E-state index in [1.54, 1.807) is 0 Å². The number of hydrogen-bond donors (Lipinski definition) is 2. The van der Waals surface area contributed by atoms with E-state index in [9.17, 15) is 9.59 Å². The summed E-state index contributed by atoms with van der Waals surface area (Å²) in [5, 5.41) is 7.67. The number of fused-ring (bicyclic) bond motifs is 2. The molecule has 1 aliphatic rings. The number of rotatable bonds is 4. The Kier molecular flexibility index (Phi) is 4.75. The van der Waals surface area contributed by atoms with Gasteiger partial charge in [0, 0.05) is 34.7 Å². The van der Waals surface area contributed by atoms with Crippen molar-refractivity contribution in [3.05, 3.63) is 60.7 Å². The highest BCUT2D eigenvalue weighted by molar-refractivity contribution is 5.95. The molecule has 0 bridgehead atoms. The van der Waals surface area contributed by atoms with Crippen LogP contribution in [0.5, 0.6) is 0 Å². The van der Waals surface area contributed by atoms with Gasteiger partial charge in [-0.3, -0.25) is 20.2 Å². The van der Waals surface area contributed by atoms with Crippen LogP contribution in [0.15, 0.2) is 69.5 Å². The molecule has 2 N–H and O–H groups in total. The van der Waals surface area contributed by atoms with Gasteiger partial charge in [-0.25, -0.2) is 0 Å². The summed E-state index contributed by atoms with van der Waals surface area (Å²) in [5.41, 5.74) is 1.50. The number of furan rings is 2. The van der Waals surface area contributed by atoms with Gasteiger partial charge in [0.1, 0.15) is 11.2 Å². The van der Waals surface area contributed by atoms with Crippen LogP contribution in [0.1, 0.15) is 25.7 Å². The lowest BCUT2D eigenvalue weighted by Gasteiger charge is -2.26. The van der Waals surface area contributed by atoms with Gasteiger partial charge in [0.25, 0.3) is 0 Å². The first-order valence-corrected chi connectivity index (χ1v) is 10.2. The summed E-state index contributed by atoms with van der Waals surface area (Å²) in [6, 6.07) is 19.0. The number of amides is 2. The number of carbonyl (C=O) groups excluding carboxylic acids is 2. The number of benzene rings is 2. The second kappa shape index (κ2) is 7.71. The molecular formula is C24H22N2O4. The Morgan fingerprint density at radius 3 is 1.47 bits per heavy atom.